The molecule has 0 fully saturated rings. The molecule has 90 valence electrons. The number of nitrogens with two attached hydrogens (primary N) is 1. The third-order valence-corrected chi connectivity index (χ3v) is 2.80. The van der Waals surface area contributed by atoms with Crippen molar-refractivity contribution < 1.29 is 17.3 Å². The summed E-state index contributed by atoms with van der Waals surface area (Å²) in [6, 6.07) is 2.76. The van der Waals surface area contributed by atoms with E-state index in [1.165, 1.54) is 12.1 Å². The Balaban J connectivity index is 3.43. The van der Waals surface area contributed by atoms with Crippen LogP contribution in [0.15, 0.2) is 17.2 Å². The van der Waals surface area contributed by atoms with Crippen LogP contribution in [0.4, 0.5) is 0 Å². The second-order valence-corrected chi connectivity index (χ2v) is 5.87. The van der Waals surface area contributed by atoms with E-state index in [1.54, 1.807) is 0 Å². The minimum Gasteiger partial charge on any atom is -0.494 e. The number of hydrogen-bond acceptors (Lipinski definition) is 4. The average molecular weight is 247 g/mol. The predicted molar refractivity (Wildman–Crippen MR) is 60.9 cm³/mol. The standard InChI is InChI=1S/C10H16N2O3S/c1-10(2,3)8-6-5-7(15-4)9(12-8)16(11,13)14/h5-6H,1-4H3,(H2,11,13,14)/i4D3. The molecule has 1 rings (SSSR count). The number of sulfonamides is 1. The number of primary sulfonamides is 1. The highest BCUT2D eigenvalue weighted by atomic mass is 32.2. The molecule has 0 bridgehead atoms. The van der Waals surface area contributed by atoms with Gasteiger partial charge in [-0.05, 0) is 12.1 Å². The number of pyridine rings is 1. The molecule has 0 aliphatic heterocycles. The Kier molecular flexibility index (Phi) is 2.25. The third kappa shape index (κ3) is 2.70. The molecule has 6 heteroatoms. The molecule has 0 aliphatic carbocycles. The highest BCUT2D eigenvalue weighted by Gasteiger charge is 2.22. The molecule has 0 aliphatic rings. The van der Waals surface area contributed by atoms with Crippen molar-refractivity contribution in [2.75, 3.05) is 7.04 Å². The first-order valence-electron chi connectivity index (χ1n) is 6.04. The predicted octanol–water partition coefficient (Wildman–Crippen LogP) is 1.04. The summed E-state index contributed by atoms with van der Waals surface area (Å²) in [6.07, 6.45) is 0. The van der Waals surface area contributed by atoms with Gasteiger partial charge in [-0.3, -0.25) is 0 Å². The topological polar surface area (TPSA) is 82.3 Å². The zero-order valence-electron chi connectivity index (χ0n) is 12.3. The first kappa shape index (κ1) is 8.95. The van der Waals surface area contributed by atoms with Crippen LogP contribution in [-0.2, 0) is 15.4 Å². The lowest BCUT2D eigenvalue weighted by Gasteiger charge is -2.18. The average Bonchev–Trinajstić information content (AvgIpc) is 2.11. The van der Waals surface area contributed by atoms with E-state index in [4.69, 9.17) is 9.25 Å². The first-order valence-corrected chi connectivity index (χ1v) is 6.09. The van der Waals surface area contributed by atoms with Crippen LogP contribution in [0.25, 0.3) is 0 Å². The lowest BCUT2D eigenvalue weighted by atomic mass is 9.92. The summed E-state index contributed by atoms with van der Waals surface area (Å²) >= 11 is 0. The van der Waals surface area contributed by atoms with Crippen LogP contribution in [0.5, 0.6) is 5.75 Å². The van der Waals surface area contributed by atoms with Gasteiger partial charge >= 0.3 is 0 Å². The Hall–Kier alpha value is -1.14. The summed E-state index contributed by atoms with van der Waals surface area (Å²) < 4.78 is 48.5. The molecule has 1 aromatic heterocycles. The van der Waals surface area contributed by atoms with E-state index in [0.717, 1.165) is 0 Å². The van der Waals surface area contributed by atoms with Gasteiger partial charge in [-0.15, -0.1) is 0 Å². The molecule has 1 heterocycles. The van der Waals surface area contributed by atoms with Crippen molar-refractivity contribution in [1.29, 1.82) is 0 Å². The van der Waals surface area contributed by atoms with Crippen molar-refractivity contribution >= 4 is 10.0 Å². The van der Waals surface area contributed by atoms with Gasteiger partial charge in [-0.2, -0.15) is 0 Å². The van der Waals surface area contributed by atoms with Crippen molar-refractivity contribution in [3.05, 3.63) is 17.8 Å². The van der Waals surface area contributed by atoms with Crippen LogP contribution in [0, 0.1) is 0 Å². The molecule has 0 unspecified atom stereocenters. The smallest absolute Gasteiger partial charge is 0.259 e. The number of aromatic nitrogens is 1. The zero-order chi connectivity index (χ0) is 15.1. The minimum atomic E-state index is -4.17. The minimum absolute atomic E-state index is 0.379. The lowest BCUT2D eigenvalue weighted by molar-refractivity contribution is 0.395. The van der Waals surface area contributed by atoms with E-state index in [9.17, 15) is 8.42 Å². The molecule has 0 atom stereocenters. The van der Waals surface area contributed by atoms with Gasteiger partial charge in [0.15, 0.2) is 5.75 Å². The van der Waals surface area contributed by atoms with Crippen molar-refractivity contribution in [3.63, 3.8) is 0 Å². The summed E-state index contributed by atoms with van der Waals surface area (Å²) in [5.41, 5.74) is 0.0622. The Morgan fingerprint density at radius 2 is 2.06 bits per heavy atom. The van der Waals surface area contributed by atoms with Crippen LogP contribution < -0.4 is 9.88 Å². The van der Waals surface area contributed by atoms with Gasteiger partial charge in [0.05, 0.1) is 11.2 Å². The largest absolute Gasteiger partial charge is 0.494 e. The van der Waals surface area contributed by atoms with E-state index >= 15 is 0 Å². The van der Waals surface area contributed by atoms with E-state index in [2.05, 4.69) is 9.72 Å². The Bertz CT molecular complexity index is 577. The van der Waals surface area contributed by atoms with Gasteiger partial charge in [0.25, 0.3) is 10.0 Å². The Labute approximate surface area is 99.9 Å². The van der Waals surface area contributed by atoms with Crippen molar-refractivity contribution in [2.24, 2.45) is 5.14 Å². The van der Waals surface area contributed by atoms with Crippen LogP contribution >= 0.6 is 0 Å². The van der Waals surface area contributed by atoms with Crippen molar-refractivity contribution in [1.82, 2.24) is 4.98 Å². The lowest BCUT2D eigenvalue weighted by Crippen LogP contribution is -2.20. The first-order chi connectivity index (χ1) is 8.31. The van der Waals surface area contributed by atoms with Gasteiger partial charge in [0.2, 0.25) is 5.03 Å². The number of rotatable bonds is 2. The monoisotopic (exact) mass is 247 g/mol. The quantitative estimate of drug-likeness (QED) is 0.846. The second kappa shape index (κ2) is 4.03. The van der Waals surface area contributed by atoms with Gasteiger partial charge in [0.1, 0.15) is 0 Å². The number of ether oxygens (including phenoxy) is 1. The molecule has 0 aromatic carbocycles. The summed E-state index contributed by atoms with van der Waals surface area (Å²) in [6.45, 7) is 5.52. The summed E-state index contributed by atoms with van der Waals surface area (Å²) in [5, 5.41) is 4.46. The molecule has 0 radical (unpaired) electrons. The Morgan fingerprint density at radius 3 is 2.50 bits per heavy atom. The molecule has 0 saturated carbocycles. The summed E-state index contributed by atoms with van der Waals surface area (Å²) in [7, 11) is -6.95. The number of hydrogen-bond donors (Lipinski definition) is 1. The van der Waals surface area contributed by atoms with E-state index in [1.807, 2.05) is 20.8 Å². The van der Waals surface area contributed by atoms with Gasteiger partial charge in [-0.25, -0.2) is 18.5 Å². The fourth-order valence-corrected chi connectivity index (χ4v) is 1.74. The Morgan fingerprint density at radius 1 is 1.44 bits per heavy atom. The maximum Gasteiger partial charge on any atom is 0.259 e. The summed E-state index contributed by atoms with van der Waals surface area (Å²) in [5.74, 6) is -0.379. The fraction of sp³-hybridized carbons (Fsp3) is 0.500. The third-order valence-electron chi connectivity index (χ3n) is 1.97. The van der Waals surface area contributed by atoms with Crippen molar-refractivity contribution in [2.45, 2.75) is 31.2 Å². The highest BCUT2D eigenvalue weighted by molar-refractivity contribution is 7.89. The maximum absolute atomic E-state index is 11.5. The zero-order valence-corrected chi connectivity index (χ0v) is 10.1. The molecule has 2 N–H and O–H groups in total. The summed E-state index contributed by atoms with van der Waals surface area (Å²) in [4.78, 5) is 3.91. The van der Waals surface area contributed by atoms with Crippen LogP contribution in [-0.4, -0.2) is 20.4 Å². The molecule has 16 heavy (non-hydrogen) atoms. The molecule has 0 spiro atoms. The number of methoxy groups -OCH3 is 1. The maximum atomic E-state index is 11.5. The van der Waals surface area contributed by atoms with Gasteiger partial charge in [-0.1, -0.05) is 20.8 Å². The van der Waals surface area contributed by atoms with Crippen LogP contribution in [0.1, 0.15) is 30.6 Å². The van der Waals surface area contributed by atoms with Crippen LogP contribution in [0.3, 0.4) is 0 Å². The second-order valence-electron chi connectivity index (χ2n) is 4.40. The van der Waals surface area contributed by atoms with E-state index in [-0.39, 0.29) is 5.75 Å². The molecule has 0 amide bonds. The molecule has 0 saturated heterocycles. The molecule has 1 aromatic rings. The van der Waals surface area contributed by atoms with E-state index in [0.29, 0.717) is 5.69 Å². The fourth-order valence-electron chi connectivity index (χ4n) is 1.13. The highest BCUT2D eigenvalue weighted by Crippen LogP contribution is 2.26. The van der Waals surface area contributed by atoms with Crippen LogP contribution in [0.2, 0.25) is 0 Å². The number of nitrogens with zero attached hydrogens (tertiary/aromatic N) is 1. The molecular weight excluding hydrogens is 228 g/mol. The normalized spacial score (nSPS) is 16.1. The SMILES string of the molecule is [2H]C([2H])([2H])Oc1ccc(C(C)(C)C)nc1S(N)(=O)=O. The van der Waals surface area contributed by atoms with Crippen molar-refractivity contribution in [3.8, 4) is 5.75 Å². The molecular formula is C10H16N2O3S. The van der Waals surface area contributed by atoms with E-state index < -0.39 is 27.5 Å². The molecule has 5 nitrogen and oxygen atoms in total. The van der Waals surface area contributed by atoms with Gasteiger partial charge in [0, 0.05) is 11.1 Å². The van der Waals surface area contributed by atoms with Gasteiger partial charge < -0.3 is 4.74 Å².